The Balaban J connectivity index is 1.82. The lowest BCUT2D eigenvalue weighted by atomic mass is 9.95. The Morgan fingerprint density at radius 1 is 1.00 bits per heavy atom. The quantitative estimate of drug-likeness (QED) is 0.727. The van der Waals surface area contributed by atoms with Gasteiger partial charge in [0.15, 0.2) is 0 Å². The number of rotatable bonds is 3. The molecule has 0 aromatic carbocycles. The molecule has 16 heavy (non-hydrogen) atoms. The van der Waals surface area contributed by atoms with Crippen LogP contribution in [0.25, 0.3) is 0 Å². The lowest BCUT2D eigenvalue weighted by Gasteiger charge is -2.33. The predicted molar refractivity (Wildman–Crippen MR) is 69.7 cm³/mol. The molecule has 0 bridgehead atoms. The van der Waals surface area contributed by atoms with Crippen molar-refractivity contribution in [3.8, 4) is 0 Å². The zero-order valence-corrected chi connectivity index (χ0v) is 11.3. The molecule has 94 valence electrons. The first-order valence-electron chi connectivity index (χ1n) is 7.01. The van der Waals surface area contributed by atoms with Gasteiger partial charge >= 0.3 is 0 Å². The van der Waals surface area contributed by atoms with Gasteiger partial charge in [0.05, 0.1) is 0 Å². The molecule has 2 rings (SSSR count). The topological polar surface area (TPSA) is 6.48 Å². The molecule has 0 aromatic rings. The summed E-state index contributed by atoms with van der Waals surface area (Å²) in [5.74, 6) is 0. The van der Waals surface area contributed by atoms with Crippen LogP contribution in [0.15, 0.2) is 0 Å². The normalized spacial score (nSPS) is 29.1. The van der Waals surface area contributed by atoms with E-state index >= 15 is 0 Å². The van der Waals surface area contributed by atoms with Gasteiger partial charge in [-0.05, 0) is 50.7 Å². The van der Waals surface area contributed by atoms with Crippen molar-refractivity contribution in [2.75, 3.05) is 32.7 Å². The zero-order valence-electron chi connectivity index (χ0n) is 11.3. The molecule has 0 amide bonds. The van der Waals surface area contributed by atoms with Crippen LogP contribution >= 0.6 is 0 Å². The molecule has 2 fully saturated rings. The Morgan fingerprint density at radius 3 is 2.31 bits per heavy atom. The Morgan fingerprint density at radius 2 is 1.69 bits per heavy atom. The fourth-order valence-corrected chi connectivity index (χ4v) is 3.18. The van der Waals surface area contributed by atoms with E-state index in [-0.39, 0.29) is 0 Å². The second-order valence-corrected chi connectivity index (χ2v) is 6.83. The van der Waals surface area contributed by atoms with Crippen molar-refractivity contribution < 1.29 is 0 Å². The van der Waals surface area contributed by atoms with Gasteiger partial charge < -0.3 is 4.90 Å². The summed E-state index contributed by atoms with van der Waals surface area (Å²) in [6.07, 6.45) is 5.68. The molecule has 1 unspecified atom stereocenters. The third-order valence-electron chi connectivity index (χ3n) is 3.84. The highest BCUT2D eigenvalue weighted by molar-refractivity contribution is 4.85. The fraction of sp³-hybridized carbons (Fsp3) is 1.00. The molecular formula is C14H28N2. The van der Waals surface area contributed by atoms with Gasteiger partial charge in [0.1, 0.15) is 0 Å². The number of hydrogen-bond donors (Lipinski definition) is 0. The van der Waals surface area contributed by atoms with Crippen LogP contribution < -0.4 is 0 Å². The van der Waals surface area contributed by atoms with E-state index in [2.05, 4.69) is 30.6 Å². The predicted octanol–water partition coefficient (Wildman–Crippen LogP) is 2.59. The molecule has 0 N–H and O–H groups in total. The smallest absolute Gasteiger partial charge is 0.0223 e. The first-order valence-corrected chi connectivity index (χ1v) is 7.01. The Hall–Kier alpha value is -0.0800. The minimum Gasteiger partial charge on any atom is -0.302 e. The van der Waals surface area contributed by atoms with Gasteiger partial charge in [0, 0.05) is 19.1 Å². The fourth-order valence-electron chi connectivity index (χ4n) is 3.18. The second kappa shape index (κ2) is 5.05. The van der Waals surface area contributed by atoms with Crippen molar-refractivity contribution in [3.05, 3.63) is 0 Å². The SMILES string of the molecule is CC(C)(C)CN1CCCC1CN1CCCC1. The molecule has 0 saturated carbocycles. The Kier molecular flexibility index (Phi) is 3.91. The van der Waals surface area contributed by atoms with E-state index in [1.165, 1.54) is 58.4 Å². The highest BCUT2D eigenvalue weighted by Crippen LogP contribution is 2.25. The third-order valence-corrected chi connectivity index (χ3v) is 3.84. The molecule has 2 aliphatic heterocycles. The van der Waals surface area contributed by atoms with Gasteiger partial charge in [-0.1, -0.05) is 20.8 Å². The third kappa shape index (κ3) is 3.46. The molecule has 0 radical (unpaired) electrons. The average molecular weight is 224 g/mol. The summed E-state index contributed by atoms with van der Waals surface area (Å²) in [7, 11) is 0. The number of hydrogen-bond acceptors (Lipinski definition) is 2. The van der Waals surface area contributed by atoms with Crippen molar-refractivity contribution >= 4 is 0 Å². The van der Waals surface area contributed by atoms with Gasteiger partial charge in [-0.3, -0.25) is 4.90 Å². The number of nitrogens with zero attached hydrogens (tertiary/aromatic N) is 2. The standard InChI is InChI=1S/C14H28N2/c1-14(2,3)12-16-10-6-7-13(16)11-15-8-4-5-9-15/h13H,4-12H2,1-3H3. The van der Waals surface area contributed by atoms with Gasteiger partial charge in [-0.15, -0.1) is 0 Å². The van der Waals surface area contributed by atoms with Crippen molar-refractivity contribution in [1.82, 2.24) is 9.80 Å². The van der Waals surface area contributed by atoms with Crippen molar-refractivity contribution in [2.45, 2.75) is 52.5 Å². The van der Waals surface area contributed by atoms with E-state index in [1.807, 2.05) is 0 Å². The van der Waals surface area contributed by atoms with E-state index in [0.29, 0.717) is 5.41 Å². The molecule has 2 saturated heterocycles. The van der Waals surface area contributed by atoms with Crippen molar-refractivity contribution in [3.63, 3.8) is 0 Å². The second-order valence-electron chi connectivity index (χ2n) is 6.83. The maximum atomic E-state index is 2.73. The summed E-state index contributed by atoms with van der Waals surface area (Å²) in [6.45, 7) is 13.7. The van der Waals surface area contributed by atoms with Crippen LogP contribution in [0.3, 0.4) is 0 Å². The van der Waals surface area contributed by atoms with Gasteiger partial charge in [-0.25, -0.2) is 0 Å². The van der Waals surface area contributed by atoms with Gasteiger partial charge in [0.2, 0.25) is 0 Å². The minimum atomic E-state index is 0.452. The van der Waals surface area contributed by atoms with Crippen molar-refractivity contribution in [2.24, 2.45) is 5.41 Å². The maximum absolute atomic E-state index is 2.73. The van der Waals surface area contributed by atoms with Crippen LogP contribution in [0, 0.1) is 5.41 Å². The highest BCUT2D eigenvalue weighted by Gasteiger charge is 2.29. The molecule has 2 heterocycles. The van der Waals surface area contributed by atoms with Crippen LogP contribution in [0.2, 0.25) is 0 Å². The molecule has 2 aliphatic rings. The van der Waals surface area contributed by atoms with E-state index in [4.69, 9.17) is 0 Å². The lowest BCUT2D eigenvalue weighted by molar-refractivity contribution is 0.146. The Bertz CT molecular complexity index is 213. The molecule has 0 aromatic heterocycles. The Labute approximate surface area is 101 Å². The van der Waals surface area contributed by atoms with Crippen LogP contribution in [0.5, 0.6) is 0 Å². The largest absolute Gasteiger partial charge is 0.302 e. The summed E-state index contributed by atoms with van der Waals surface area (Å²) in [5, 5.41) is 0. The van der Waals surface area contributed by atoms with E-state index in [9.17, 15) is 0 Å². The van der Waals surface area contributed by atoms with Crippen LogP contribution in [0.1, 0.15) is 46.5 Å². The summed E-state index contributed by atoms with van der Waals surface area (Å²) in [5.41, 5.74) is 0.452. The summed E-state index contributed by atoms with van der Waals surface area (Å²) in [6, 6.07) is 0.845. The zero-order chi connectivity index (χ0) is 11.6. The van der Waals surface area contributed by atoms with Crippen LogP contribution in [-0.2, 0) is 0 Å². The van der Waals surface area contributed by atoms with E-state index in [1.54, 1.807) is 0 Å². The minimum absolute atomic E-state index is 0.452. The molecule has 2 nitrogen and oxygen atoms in total. The average Bonchev–Trinajstić information content (AvgIpc) is 2.77. The molecule has 1 atom stereocenters. The summed E-state index contributed by atoms with van der Waals surface area (Å²) in [4.78, 5) is 5.41. The first-order chi connectivity index (χ1) is 7.54. The molecule has 2 heteroatoms. The van der Waals surface area contributed by atoms with E-state index in [0.717, 1.165) is 6.04 Å². The van der Waals surface area contributed by atoms with Crippen LogP contribution in [-0.4, -0.2) is 48.6 Å². The van der Waals surface area contributed by atoms with E-state index < -0.39 is 0 Å². The molecule has 0 aliphatic carbocycles. The highest BCUT2D eigenvalue weighted by atomic mass is 15.2. The van der Waals surface area contributed by atoms with Gasteiger partial charge in [0.25, 0.3) is 0 Å². The monoisotopic (exact) mass is 224 g/mol. The van der Waals surface area contributed by atoms with Crippen LogP contribution in [0.4, 0.5) is 0 Å². The molecular weight excluding hydrogens is 196 g/mol. The first kappa shape index (κ1) is 12.4. The van der Waals surface area contributed by atoms with Crippen molar-refractivity contribution in [1.29, 1.82) is 0 Å². The summed E-state index contributed by atoms with van der Waals surface area (Å²) >= 11 is 0. The summed E-state index contributed by atoms with van der Waals surface area (Å²) < 4.78 is 0. The van der Waals surface area contributed by atoms with Gasteiger partial charge in [-0.2, -0.15) is 0 Å². The lowest BCUT2D eigenvalue weighted by Crippen LogP contribution is -2.42. The maximum Gasteiger partial charge on any atom is 0.0223 e. The number of likely N-dealkylation sites (tertiary alicyclic amines) is 2. The molecule has 0 spiro atoms.